The molecule has 0 bridgehead atoms. The Bertz CT molecular complexity index is 801. The van der Waals surface area contributed by atoms with E-state index >= 15 is 0 Å². The zero-order valence-corrected chi connectivity index (χ0v) is 14.5. The number of carbonyl (C=O) groups excluding carboxylic acids is 1. The molecule has 2 aliphatic heterocycles. The van der Waals surface area contributed by atoms with E-state index in [9.17, 15) is 9.90 Å². The fourth-order valence-corrected chi connectivity index (χ4v) is 3.58. The van der Waals surface area contributed by atoms with Crippen molar-refractivity contribution in [2.24, 2.45) is 0 Å². The van der Waals surface area contributed by atoms with Crippen LogP contribution in [0.2, 0.25) is 0 Å². The van der Waals surface area contributed by atoms with Gasteiger partial charge in [0.05, 0.1) is 6.10 Å². The third kappa shape index (κ3) is 2.78. The van der Waals surface area contributed by atoms with Gasteiger partial charge in [-0.15, -0.1) is 0 Å². The highest BCUT2D eigenvalue weighted by molar-refractivity contribution is 5.83. The summed E-state index contributed by atoms with van der Waals surface area (Å²) in [6.07, 6.45) is -0.245. The van der Waals surface area contributed by atoms with Crippen LogP contribution in [0.4, 0.5) is 0 Å². The standard InChI is InChI=1S/C18H21N3O4/c1-9-4-12-6-16(24-15(12)5-10(9)2)18(23)21-8-13(22)7-14(21)17-19-11(3)20-25-17/h4-5,13-14,16,22H,6-8H2,1-3H3/t13-,14-,16?/m1/s1. The van der Waals surface area contributed by atoms with Crippen LogP contribution in [0, 0.1) is 20.8 Å². The molecule has 1 saturated heterocycles. The first-order valence-corrected chi connectivity index (χ1v) is 8.48. The first kappa shape index (κ1) is 16.1. The lowest BCUT2D eigenvalue weighted by Crippen LogP contribution is -2.41. The highest BCUT2D eigenvalue weighted by Crippen LogP contribution is 2.36. The van der Waals surface area contributed by atoms with E-state index in [-0.39, 0.29) is 12.5 Å². The molecule has 3 heterocycles. The SMILES string of the molecule is Cc1noc([C@H]2C[C@@H](O)CN2C(=O)C2Cc3cc(C)c(C)cc3O2)n1. The van der Waals surface area contributed by atoms with Gasteiger partial charge in [-0.2, -0.15) is 4.98 Å². The van der Waals surface area contributed by atoms with Crippen molar-refractivity contribution in [2.75, 3.05) is 6.54 Å². The molecule has 1 aromatic carbocycles. The van der Waals surface area contributed by atoms with Crippen LogP contribution in [0.5, 0.6) is 5.75 Å². The molecule has 1 amide bonds. The van der Waals surface area contributed by atoms with E-state index in [0.29, 0.717) is 24.6 Å². The molecular formula is C18H21N3O4. The molecule has 3 atom stereocenters. The maximum absolute atomic E-state index is 13.0. The number of aromatic nitrogens is 2. The number of benzene rings is 1. The van der Waals surface area contributed by atoms with E-state index in [0.717, 1.165) is 16.9 Å². The summed E-state index contributed by atoms with van der Waals surface area (Å²) in [4.78, 5) is 18.9. The predicted molar refractivity (Wildman–Crippen MR) is 88.1 cm³/mol. The van der Waals surface area contributed by atoms with Crippen molar-refractivity contribution in [3.8, 4) is 5.75 Å². The number of aliphatic hydroxyl groups is 1. The Morgan fingerprint density at radius 3 is 2.76 bits per heavy atom. The summed E-state index contributed by atoms with van der Waals surface area (Å²) >= 11 is 0. The number of hydrogen-bond donors (Lipinski definition) is 1. The smallest absolute Gasteiger partial charge is 0.264 e. The Balaban J connectivity index is 1.56. The summed E-state index contributed by atoms with van der Waals surface area (Å²) in [5, 5.41) is 13.8. The van der Waals surface area contributed by atoms with Crippen LogP contribution in [0.1, 0.15) is 40.9 Å². The van der Waals surface area contributed by atoms with Gasteiger partial charge in [-0.05, 0) is 43.5 Å². The molecule has 4 rings (SSSR count). The molecular weight excluding hydrogens is 322 g/mol. The molecule has 0 aliphatic carbocycles. The Morgan fingerprint density at radius 1 is 1.28 bits per heavy atom. The average Bonchev–Trinajstić information content (AvgIpc) is 3.25. The number of amides is 1. The quantitative estimate of drug-likeness (QED) is 0.892. The molecule has 7 nitrogen and oxygen atoms in total. The molecule has 0 radical (unpaired) electrons. The van der Waals surface area contributed by atoms with Gasteiger partial charge in [-0.25, -0.2) is 0 Å². The molecule has 2 aromatic rings. The van der Waals surface area contributed by atoms with Crippen LogP contribution in [0.15, 0.2) is 16.7 Å². The number of fused-ring (bicyclic) bond motifs is 1. The Kier molecular flexibility index (Phi) is 3.76. The highest BCUT2D eigenvalue weighted by atomic mass is 16.5. The maximum atomic E-state index is 13.0. The second kappa shape index (κ2) is 5.84. The van der Waals surface area contributed by atoms with Crippen molar-refractivity contribution in [1.82, 2.24) is 15.0 Å². The van der Waals surface area contributed by atoms with Gasteiger partial charge in [0, 0.05) is 19.4 Å². The van der Waals surface area contributed by atoms with E-state index in [4.69, 9.17) is 9.26 Å². The summed E-state index contributed by atoms with van der Waals surface area (Å²) in [7, 11) is 0. The van der Waals surface area contributed by atoms with Gasteiger partial charge in [-0.3, -0.25) is 4.79 Å². The molecule has 0 spiro atoms. The lowest BCUT2D eigenvalue weighted by Gasteiger charge is -2.24. The van der Waals surface area contributed by atoms with Crippen molar-refractivity contribution >= 4 is 5.91 Å². The van der Waals surface area contributed by atoms with Gasteiger partial charge in [-0.1, -0.05) is 11.2 Å². The molecule has 25 heavy (non-hydrogen) atoms. The van der Waals surface area contributed by atoms with Gasteiger partial charge in [0.25, 0.3) is 5.91 Å². The third-order valence-electron chi connectivity index (χ3n) is 5.02. The van der Waals surface area contributed by atoms with E-state index in [1.807, 2.05) is 13.0 Å². The van der Waals surface area contributed by atoms with Gasteiger partial charge in [0.1, 0.15) is 11.8 Å². The van der Waals surface area contributed by atoms with Crippen LogP contribution in [0.3, 0.4) is 0 Å². The van der Waals surface area contributed by atoms with E-state index < -0.39 is 18.2 Å². The van der Waals surface area contributed by atoms with Crippen molar-refractivity contribution in [2.45, 2.75) is 51.9 Å². The number of hydrogen-bond acceptors (Lipinski definition) is 6. The van der Waals surface area contributed by atoms with Crippen molar-refractivity contribution < 1.29 is 19.2 Å². The molecule has 132 valence electrons. The summed E-state index contributed by atoms with van der Waals surface area (Å²) in [5.41, 5.74) is 3.38. The van der Waals surface area contributed by atoms with Gasteiger partial charge in [0.15, 0.2) is 11.9 Å². The number of aliphatic hydroxyl groups excluding tert-OH is 1. The lowest BCUT2D eigenvalue weighted by molar-refractivity contribution is -0.139. The predicted octanol–water partition coefficient (Wildman–Crippen LogP) is 1.63. The zero-order chi connectivity index (χ0) is 17.7. The molecule has 0 saturated carbocycles. The van der Waals surface area contributed by atoms with Crippen LogP contribution < -0.4 is 4.74 Å². The van der Waals surface area contributed by atoms with Gasteiger partial charge in [0.2, 0.25) is 5.89 Å². The molecule has 1 unspecified atom stereocenters. The van der Waals surface area contributed by atoms with Crippen molar-refractivity contribution in [3.05, 3.63) is 40.5 Å². The normalized spacial score (nSPS) is 25.1. The van der Waals surface area contributed by atoms with Crippen molar-refractivity contribution in [1.29, 1.82) is 0 Å². The highest BCUT2D eigenvalue weighted by Gasteiger charge is 2.43. The summed E-state index contributed by atoms with van der Waals surface area (Å²) in [5.74, 6) is 1.50. The Labute approximate surface area is 145 Å². The van der Waals surface area contributed by atoms with Crippen LogP contribution >= 0.6 is 0 Å². The monoisotopic (exact) mass is 343 g/mol. The number of likely N-dealkylation sites (tertiary alicyclic amines) is 1. The van der Waals surface area contributed by atoms with E-state index in [1.165, 1.54) is 5.56 Å². The summed E-state index contributed by atoms with van der Waals surface area (Å²) < 4.78 is 11.1. The molecule has 1 N–H and O–H groups in total. The molecule has 2 aliphatic rings. The van der Waals surface area contributed by atoms with Crippen LogP contribution in [-0.4, -0.2) is 44.8 Å². The number of nitrogens with zero attached hydrogens (tertiary/aromatic N) is 3. The Hall–Kier alpha value is -2.41. The first-order valence-electron chi connectivity index (χ1n) is 8.48. The molecule has 1 fully saturated rings. The topological polar surface area (TPSA) is 88.7 Å². The number of ether oxygens (including phenoxy) is 1. The second-order valence-electron chi connectivity index (χ2n) is 6.93. The number of rotatable bonds is 2. The average molecular weight is 343 g/mol. The number of carbonyl (C=O) groups is 1. The summed E-state index contributed by atoms with van der Waals surface area (Å²) in [6.45, 7) is 6.06. The molecule has 1 aromatic heterocycles. The van der Waals surface area contributed by atoms with Gasteiger partial charge < -0.3 is 19.3 Å². The van der Waals surface area contributed by atoms with Crippen molar-refractivity contribution in [3.63, 3.8) is 0 Å². The molecule has 7 heteroatoms. The first-order chi connectivity index (χ1) is 11.9. The van der Waals surface area contributed by atoms with Crippen LogP contribution in [0.25, 0.3) is 0 Å². The largest absolute Gasteiger partial charge is 0.480 e. The minimum Gasteiger partial charge on any atom is -0.480 e. The minimum absolute atomic E-state index is 0.149. The Morgan fingerprint density at radius 2 is 2.04 bits per heavy atom. The number of β-amino-alcohol motifs (C(OH)–C–C–N with tert-alkyl or cyclic N) is 1. The second-order valence-corrected chi connectivity index (χ2v) is 6.93. The summed E-state index contributed by atoms with van der Waals surface area (Å²) in [6, 6.07) is 3.66. The maximum Gasteiger partial charge on any atom is 0.264 e. The fourth-order valence-electron chi connectivity index (χ4n) is 3.58. The third-order valence-corrected chi connectivity index (χ3v) is 5.02. The minimum atomic E-state index is -0.602. The zero-order valence-electron chi connectivity index (χ0n) is 14.5. The lowest BCUT2D eigenvalue weighted by atomic mass is 10.0. The van der Waals surface area contributed by atoms with E-state index in [2.05, 4.69) is 23.1 Å². The number of aryl methyl sites for hydroxylation is 3. The fraction of sp³-hybridized carbons (Fsp3) is 0.500. The van der Waals surface area contributed by atoms with E-state index in [1.54, 1.807) is 11.8 Å². The van der Waals surface area contributed by atoms with Gasteiger partial charge >= 0.3 is 0 Å². The van der Waals surface area contributed by atoms with Crippen LogP contribution in [-0.2, 0) is 11.2 Å².